The number of urea groups is 1. The molecule has 0 bridgehead atoms. The fourth-order valence-corrected chi connectivity index (χ4v) is 3.27. The van der Waals surface area contributed by atoms with Crippen molar-refractivity contribution in [3.05, 3.63) is 0 Å². The molecule has 2 rings (SSSR count). The summed E-state index contributed by atoms with van der Waals surface area (Å²) in [7, 11) is 0. The average molecular weight is 325 g/mol. The fourth-order valence-electron chi connectivity index (χ4n) is 3.27. The summed E-state index contributed by atoms with van der Waals surface area (Å²) in [5.74, 6) is -2.00. The molecular formula is C15H23N3O5. The summed E-state index contributed by atoms with van der Waals surface area (Å²) < 4.78 is 0. The molecule has 8 heteroatoms. The number of imide groups is 1. The van der Waals surface area contributed by atoms with E-state index in [9.17, 15) is 19.2 Å². The standard InChI is InChI=1S/C15H23N3O5/c1-2-8-17(10-12(20)21)11(19)9-18-13(22)15(16-14(18)23)6-4-3-5-7-15/h2-10H2,1H3,(H,16,23)(H,20,21). The Hall–Kier alpha value is -2.12. The van der Waals surface area contributed by atoms with E-state index in [1.54, 1.807) is 0 Å². The van der Waals surface area contributed by atoms with Crippen molar-refractivity contribution in [1.29, 1.82) is 0 Å². The second kappa shape index (κ2) is 6.97. The van der Waals surface area contributed by atoms with Crippen molar-refractivity contribution in [2.24, 2.45) is 0 Å². The van der Waals surface area contributed by atoms with E-state index in [0.717, 1.165) is 29.1 Å². The van der Waals surface area contributed by atoms with E-state index < -0.39 is 36.5 Å². The van der Waals surface area contributed by atoms with Crippen LogP contribution < -0.4 is 5.32 Å². The van der Waals surface area contributed by atoms with Crippen molar-refractivity contribution < 1.29 is 24.3 Å². The van der Waals surface area contributed by atoms with E-state index in [1.165, 1.54) is 0 Å². The highest BCUT2D eigenvalue weighted by Gasteiger charge is 2.51. The lowest BCUT2D eigenvalue weighted by Crippen LogP contribution is -2.49. The van der Waals surface area contributed by atoms with Gasteiger partial charge in [-0.3, -0.25) is 19.3 Å². The van der Waals surface area contributed by atoms with Gasteiger partial charge in [-0.25, -0.2) is 4.79 Å². The molecule has 1 heterocycles. The number of aliphatic carboxylic acids is 1. The number of amides is 4. The first kappa shape index (κ1) is 17.2. The van der Waals surface area contributed by atoms with E-state index in [2.05, 4.69) is 5.32 Å². The highest BCUT2D eigenvalue weighted by Crippen LogP contribution is 2.33. The Labute approximate surface area is 134 Å². The second-order valence-corrected chi connectivity index (χ2v) is 6.17. The molecule has 1 aliphatic carbocycles. The molecule has 0 aromatic carbocycles. The van der Waals surface area contributed by atoms with Gasteiger partial charge in [-0.2, -0.15) is 0 Å². The van der Waals surface area contributed by atoms with E-state index in [0.29, 0.717) is 19.3 Å². The van der Waals surface area contributed by atoms with Crippen LogP contribution in [0.3, 0.4) is 0 Å². The zero-order chi connectivity index (χ0) is 17.0. The molecule has 1 aliphatic heterocycles. The molecule has 23 heavy (non-hydrogen) atoms. The highest BCUT2D eigenvalue weighted by molar-refractivity contribution is 6.09. The smallest absolute Gasteiger partial charge is 0.325 e. The van der Waals surface area contributed by atoms with Crippen LogP contribution >= 0.6 is 0 Å². The molecule has 1 saturated heterocycles. The van der Waals surface area contributed by atoms with Crippen LogP contribution in [-0.2, 0) is 14.4 Å². The lowest BCUT2D eigenvalue weighted by atomic mass is 9.82. The predicted molar refractivity (Wildman–Crippen MR) is 80.6 cm³/mol. The average Bonchev–Trinajstić information content (AvgIpc) is 2.71. The molecule has 128 valence electrons. The minimum atomic E-state index is -1.12. The van der Waals surface area contributed by atoms with Gasteiger partial charge in [0.1, 0.15) is 18.6 Å². The number of carboxylic acid groups (broad SMARTS) is 1. The molecule has 4 amide bonds. The maximum atomic E-state index is 12.6. The van der Waals surface area contributed by atoms with Gasteiger partial charge in [-0.1, -0.05) is 26.2 Å². The Balaban J connectivity index is 2.06. The Bertz CT molecular complexity index is 513. The number of hydrogen-bond donors (Lipinski definition) is 2. The van der Waals surface area contributed by atoms with Crippen molar-refractivity contribution in [3.8, 4) is 0 Å². The Morgan fingerprint density at radius 1 is 1.26 bits per heavy atom. The quantitative estimate of drug-likeness (QED) is 0.694. The third-order valence-corrected chi connectivity index (χ3v) is 4.42. The normalized spacial score (nSPS) is 19.8. The molecular weight excluding hydrogens is 302 g/mol. The van der Waals surface area contributed by atoms with Crippen LogP contribution in [0.25, 0.3) is 0 Å². The van der Waals surface area contributed by atoms with Crippen LogP contribution in [0.2, 0.25) is 0 Å². The molecule has 2 aliphatic rings. The Kier molecular flexibility index (Phi) is 5.23. The lowest BCUT2D eigenvalue weighted by molar-refractivity contribution is -0.145. The molecule has 0 atom stereocenters. The minimum Gasteiger partial charge on any atom is -0.480 e. The van der Waals surface area contributed by atoms with Gasteiger partial charge in [0.25, 0.3) is 5.91 Å². The predicted octanol–water partition coefficient (Wildman–Crippen LogP) is 0.564. The second-order valence-electron chi connectivity index (χ2n) is 6.17. The van der Waals surface area contributed by atoms with Crippen LogP contribution in [0, 0.1) is 0 Å². The molecule has 1 spiro atoms. The summed E-state index contributed by atoms with van der Waals surface area (Å²) in [6.45, 7) is 1.27. The third-order valence-electron chi connectivity index (χ3n) is 4.42. The first-order valence-corrected chi connectivity index (χ1v) is 8.03. The molecule has 8 nitrogen and oxygen atoms in total. The highest BCUT2D eigenvalue weighted by atomic mass is 16.4. The van der Waals surface area contributed by atoms with Crippen molar-refractivity contribution in [2.45, 2.75) is 51.0 Å². The number of nitrogens with zero attached hydrogens (tertiary/aromatic N) is 2. The molecule has 0 aromatic rings. The molecule has 0 aromatic heterocycles. The van der Waals surface area contributed by atoms with Crippen molar-refractivity contribution >= 4 is 23.8 Å². The summed E-state index contributed by atoms with van der Waals surface area (Å²) in [6, 6.07) is -0.558. The largest absolute Gasteiger partial charge is 0.480 e. The molecule has 0 unspecified atom stereocenters. The number of carbonyl (C=O) groups is 4. The van der Waals surface area contributed by atoms with Gasteiger partial charge in [-0.05, 0) is 19.3 Å². The van der Waals surface area contributed by atoms with E-state index in [4.69, 9.17) is 5.11 Å². The summed E-state index contributed by atoms with van der Waals surface area (Å²) in [6.07, 6.45) is 4.56. The summed E-state index contributed by atoms with van der Waals surface area (Å²) in [5, 5.41) is 11.6. The number of carboxylic acids is 1. The number of hydrogen-bond acceptors (Lipinski definition) is 4. The monoisotopic (exact) mass is 325 g/mol. The first-order chi connectivity index (χ1) is 10.9. The SMILES string of the molecule is CCCN(CC(=O)O)C(=O)CN1C(=O)NC2(CCCCC2)C1=O. The van der Waals surface area contributed by atoms with Crippen molar-refractivity contribution in [2.75, 3.05) is 19.6 Å². The van der Waals surface area contributed by atoms with E-state index >= 15 is 0 Å². The van der Waals surface area contributed by atoms with E-state index in [-0.39, 0.29) is 12.5 Å². The summed E-state index contributed by atoms with van der Waals surface area (Å²) >= 11 is 0. The molecule has 1 saturated carbocycles. The van der Waals surface area contributed by atoms with Gasteiger partial charge >= 0.3 is 12.0 Å². The summed E-state index contributed by atoms with van der Waals surface area (Å²) in [5.41, 5.74) is -0.863. The van der Waals surface area contributed by atoms with Gasteiger partial charge in [0.15, 0.2) is 0 Å². The molecule has 2 N–H and O–H groups in total. The number of rotatable bonds is 6. The van der Waals surface area contributed by atoms with Gasteiger partial charge in [0, 0.05) is 6.54 Å². The van der Waals surface area contributed by atoms with Crippen molar-refractivity contribution in [1.82, 2.24) is 15.1 Å². The number of carbonyl (C=O) groups excluding carboxylic acids is 3. The van der Waals surface area contributed by atoms with Gasteiger partial charge < -0.3 is 15.3 Å². The fraction of sp³-hybridized carbons (Fsp3) is 0.733. The zero-order valence-electron chi connectivity index (χ0n) is 13.3. The van der Waals surface area contributed by atoms with Crippen LogP contribution in [0.4, 0.5) is 4.79 Å². The maximum Gasteiger partial charge on any atom is 0.325 e. The number of nitrogens with one attached hydrogen (secondary N) is 1. The summed E-state index contributed by atoms with van der Waals surface area (Å²) in [4.78, 5) is 49.9. The third kappa shape index (κ3) is 3.62. The maximum absolute atomic E-state index is 12.6. The van der Waals surface area contributed by atoms with Crippen LogP contribution in [0.5, 0.6) is 0 Å². The van der Waals surface area contributed by atoms with Gasteiger partial charge in [-0.15, -0.1) is 0 Å². The molecule has 0 radical (unpaired) electrons. The van der Waals surface area contributed by atoms with Crippen molar-refractivity contribution in [3.63, 3.8) is 0 Å². The van der Waals surface area contributed by atoms with Gasteiger partial charge in [0.2, 0.25) is 5.91 Å². The topological polar surface area (TPSA) is 107 Å². The zero-order valence-corrected chi connectivity index (χ0v) is 13.3. The van der Waals surface area contributed by atoms with Crippen LogP contribution in [0.15, 0.2) is 0 Å². The molecule has 2 fully saturated rings. The Morgan fingerprint density at radius 2 is 1.91 bits per heavy atom. The van der Waals surface area contributed by atoms with Gasteiger partial charge in [0.05, 0.1) is 0 Å². The van der Waals surface area contributed by atoms with Crippen LogP contribution in [0.1, 0.15) is 45.4 Å². The Morgan fingerprint density at radius 3 is 2.48 bits per heavy atom. The first-order valence-electron chi connectivity index (χ1n) is 8.03. The van der Waals surface area contributed by atoms with Crippen LogP contribution in [-0.4, -0.2) is 63.9 Å². The van der Waals surface area contributed by atoms with E-state index in [1.807, 2.05) is 6.92 Å². The lowest BCUT2D eigenvalue weighted by Gasteiger charge is -2.30. The minimum absolute atomic E-state index is 0.278.